The van der Waals surface area contributed by atoms with Gasteiger partial charge in [0.05, 0.1) is 12.2 Å². The van der Waals surface area contributed by atoms with Gasteiger partial charge in [-0.1, -0.05) is 30.3 Å². The Morgan fingerprint density at radius 3 is 2.62 bits per heavy atom. The number of nitrogens with zero attached hydrogens (tertiary/aromatic N) is 2. The number of aliphatic hydroxyl groups excluding tert-OH is 1. The Kier molecular flexibility index (Phi) is 3.72. The fourth-order valence-corrected chi connectivity index (χ4v) is 3.16. The van der Waals surface area contributed by atoms with E-state index >= 15 is 0 Å². The van der Waals surface area contributed by atoms with Crippen LogP contribution in [0.4, 0.5) is 0 Å². The van der Waals surface area contributed by atoms with Crippen molar-refractivity contribution in [3.63, 3.8) is 0 Å². The summed E-state index contributed by atoms with van der Waals surface area (Å²) in [4.78, 5) is 1.96. The first-order valence-corrected chi connectivity index (χ1v) is 7.21. The molecule has 0 saturated carbocycles. The molecule has 21 heavy (non-hydrogen) atoms. The van der Waals surface area contributed by atoms with E-state index in [-0.39, 0.29) is 0 Å². The number of ether oxygens (including phenoxy) is 2. The summed E-state index contributed by atoms with van der Waals surface area (Å²) in [7, 11) is 0. The Morgan fingerprint density at radius 2 is 1.95 bits per heavy atom. The SMILES string of the molecule is CC1(C)O[C@@H]2[C@H](O1)[C@@H](O)CN(Cc1ccccc1)[C@H]2C#N. The number of nitriles is 1. The molecule has 2 fully saturated rings. The summed E-state index contributed by atoms with van der Waals surface area (Å²) in [6.07, 6.45) is -1.50. The van der Waals surface area contributed by atoms with E-state index in [1.54, 1.807) is 0 Å². The fraction of sp³-hybridized carbons (Fsp3) is 0.562. The van der Waals surface area contributed by atoms with E-state index in [0.29, 0.717) is 13.1 Å². The van der Waals surface area contributed by atoms with Gasteiger partial charge in [0.25, 0.3) is 0 Å². The summed E-state index contributed by atoms with van der Waals surface area (Å²) < 4.78 is 11.6. The highest BCUT2D eigenvalue weighted by molar-refractivity contribution is 5.17. The molecular weight excluding hydrogens is 268 g/mol. The molecule has 0 radical (unpaired) electrons. The van der Waals surface area contributed by atoms with E-state index in [4.69, 9.17) is 9.47 Å². The third-order valence-corrected chi connectivity index (χ3v) is 4.03. The maximum absolute atomic E-state index is 10.3. The van der Waals surface area contributed by atoms with Crippen LogP contribution in [0, 0.1) is 11.3 Å². The van der Waals surface area contributed by atoms with Crippen LogP contribution in [0.15, 0.2) is 30.3 Å². The Balaban J connectivity index is 1.81. The number of hydrogen-bond acceptors (Lipinski definition) is 5. The van der Waals surface area contributed by atoms with Crippen LogP contribution in [0.2, 0.25) is 0 Å². The number of fused-ring (bicyclic) bond motifs is 1. The summed E-state index contributed by atoms with van der Waals surface area (Å²) in [5, 5.41) is 19.9. The lowest BCUT2D eigenvalue weighted by atomic mass is 9.94. The van der Waals surface area contributed by atoms with Crippen molar-refractivity contribution < 1.29 is 14.6 Å². The zero-order valence-electron chi connectivity index (χ0n) is 12.3. The van der Waals surface area contributed by atoms with Crippen molar-refractivity contribution >= 4 is 0 Å². The first-order valence-electron chi connectivity index (χ1n) is 7.21. The second-order valence-electron chi connectivity index (χ2n) is 6.12. The van der Waals surface area contributed by atoms with Crippen molar-refractivity contribution in [3.8, 4) is 6.07 Å². The van der Waals surface area contributed by atoms with Crippen molar-refractivity contribution in [3.05, 3.63) is 35.9 Å². The van der Waals surface area contributed by atoms with Crippen LogP contribution >= 0.6 is 0 Å². The second kappa shape index (κ2) is 5.39. The van der Waals surface area contributed by atoms with Crippen LogP contribution in [0.1, 0.15) is 19.4 Å². The number of benzene rings is 1. The normalized spacial score (nSPS) is 35.1. The molecule has 1 aromatic rings. The Morgan fingerprint density at radius 1 is 1.29 bits per heavy atom. The average molecular weight is 288 g/mol. The predicted octanol–water partition coefficient (Wildman–Crippen LogP) is 1.28. The smallest absolute Gasteiger partial charge is 0.164 e. The Hall–Kier alpha value is -1.45. The number of piperidine rings is 1. The number of likely N-dealkylation sites (tertiary alicyclic amines) is 1. The largest absolute Gasteiger partial charge is 0.389 e. The zero-order valence-corrected chi connectivity index (χ0v) is 12.3. The molecule has 0 bridgehead atoms. The lowest BCUT2D eigenvalue weighted by Gasteiger charge is -2.40. The predicted molar refractivity (Wildman–Crippen MR) is 76.1 cm³/mol. The van der Waals surface area contributed by atoms with E-state index in [2.05, 4.69) is 6.07 Å². The van der Waals surface area contributed by atoms with Gasteiger partial charge in [-0.25, -0.2) is 0 Å². The molecule has 112 valence electrons. The van der Waals surface area contributed by atoms with Crippen molar-refractivity contribution in [2.45, 2.75) is 50.5 Å². The molecule has 5 heteroatoms. The molecule has 2 heterocycles. The van der Waals surface area contributed by atoms with Gasteiger partial charge in [0.1, 0.15) is 18.2 Å². The van der Waals surface area contributed by atoms with Crippen molar-refractivity contribution in [2.75, 3.05) is 6.54 Å². The van der Waals surface area contributed by atoms with Gasteiger partial charge in [-0.2, -0.15) is 5.26 Å². The molecule has 4 atom stereocenters. The number of rotatable bonds is 2. The molecule has 2 aliphatic rings. The van der Waals surface area contributed by atoms with Crippen LogP contribution in [0.5, 0.6) is 0 Å². The minimum atomic E-state index is -0.756. The van der Waals surface area contributed by atoms with Gasteiger partial charge in [-0.15, -0.1) is 0 Å². The Labute approximate surface area is 124 Å². The third kappa shape index (κ3) is 2.81. The molecule has 0 aliphatic carbocycles. The average Bonchev–Trinajstić information content (AvgIpc) is 2.76. The third-order valence-electron chi connectivity index (χ3n) is 4.03. The first-order chi connectivity index (χ1) is 10.00. The van der Waals surface area contributed by atoms with Gasteiger partial charge in [0.15, 0.2) is 5.79 Å². The molecular formula is C16H20N2O3. The van der Waals surface area contributed by atoms with Crippen LogP contribution in [-0.4, -0.2) is 46.7 Å². The highest BCUT2D eigenvalue weighted by Crippen LogP contribution is 2.36. The molecule has 0 unspecified atom stereocenters. The standard InChI is InChI=1S/C16H20N2O3/c1-16(2)20-14-12(8-17)18(10-13(19)15(14)21-16)9-11-6-4-3-5-7-11/h3-7,12-15,19H,9-10H2,1-2H3/t12-,13-,14-,15+/m0/s1. The molecule has 0 amide bonds. The summed E-state index contributed by atoms with van der Waals surface area (Å²) >= 11 is 0. The van der Waals surface area contributed by atoms with E-state index < -0.39 is 30.1 Å². The molecule has 2 saturated heterocycles. The maximum atomic E-state index is 10.3. The van der Waals surface area contributed by atoms with Gasteiger partial charge in [-0.05, 0) is 19.4 Å². The van der Waals surface area contributed by atoms with Crippen LogP contribution < -0.4 is 0 Å². The molecule has 3 rings (SSSR count). The number of hydrogen-bond donors (Lipinski definition) is 1. The van der Waals surface area contributed by atoms with Crippen LogP contribution in [-0.2, 0) is 16.0 Å². The van der Waals surface area contributed by atoms with E-state index in [1.165, 1.54) is 0 Å². The lowest BCUT2D eigenvalue weighted by Crippen LogP contribution is -2.59. The fourth-order valence-electron chi connectivity index (χ4n) is 3.16. The molecule has 5 nitrogen and oxygen atoms in total. The summed E-state index contributed by atoms with van der Waals surface area (Å²) in [5.41, 5.74) is 1.11. The zero-order chi connectivity index (χ0) is 15.0. The molecule has 0 spiro atoms. The Bertz CT molecular complexity index is 540. The van der Waals surface area contributed by atoms with Crippen molar-refractivity contribution in [1.82, 2.24) is 4.90 Å². The van der Waals surface area contributed by atoms with E-state index in [1.807, 2.05) is 49.1 Å². The highest BCUT2D eigenvalue weighted by Gasteiger charge is 2.53. The molecule has 1 aromatic carbocycles. The topological polar surface area (TPSA) is 65.7 Å². The van der Waals surface area contributed by atoms with Gasteiger partial charge >= 0.3 is 0 Å². The maximum Gasteiger partial charge on any atom is 0.164 e. The summed E-state index contributed by atoms with van der Waals surface area (Å²) in [6.45, 7) is 4.65. The second-order valence-corrected chi connectivity index (χ2v) is 6.12. The van der Waals surface area contributed by atoms with Gasteiger partial charge < -0.3 is 14.6 Å². The summed E-state index contributed by atoms with van der Waals surface area (Å²) in [6, 6.07) is 11.8. The van der Waals surface area contributed by atoms with Crippen molar-refractivity contribution in [2.24, 2.45) is 0 Å². The minimum Gasteiger partial charge on any atom is -0.389 e. The lowest BCUT2D eigenvalue weighted by molar-refractivity contribution is -0.152. The molecule has 1 N–H and O–H groups in total. The first kappa shape index (κ1) is 14.5. The molecule has 0 aromatic heterocycles. The van der Waals surface area contributed by atoms with Crippen LogP contribution in [0.3, 0.4) is 0 Å². The summed E-state index contributed by atoms with van der Waals surface area (Å²) in [5.74, 6) is -0.756. The van der Waals surface area contributed by atoms with Crippen molar-refractivity contribution in [1.29, 1.82) is 5.26 Å². The quantitative estimate of drug-likeness (QED) is 0.888. The highest BCUT2D eigenvalue weighted by atomic mass is 16.8. The van der Waals surface area contributed by atoms with Gasteiger partial charge in [0.2, 0.25) is 0 Å². The minimum absolute atomic E-state index is 0.410. The van der Waals surface area contributed by atoms with Gasteiger partial charge in [-0.3, -0.25) is 4.90 Å². The monoisotopic (exact) mass is 288 g/mol. The number of aliphatic hydroxyl groups is 1. The van der Waals surface area contributed by atoms with E-state index in [0.717, 1.165) is 5.56 Å². The van der Waals surface area contributed by atoms with E-state index in [9.17, 15) is 10.4 Å². The molecule has 2 aliphatic heterocycles. The number of β-amino-alcohol motifs (C(OH)–C–C–N with tert-alkyl or cyclic N) is 1. The van der Waals surface area contributed by atoms with Crippen LogP contribution in [0.25, 0.3) is 0 Å². The van der Waals surface area contributed by atoms with Gasteiger partial charge in [0, 0.05) is 13.1 Å².